The fourth-order valence-electron chi connectivity index (χ4n) is 2.52. The van der Waals surface area contributed by atoms with Gasteiger partial charge in [-0.3, -0.25) is 0 Å². The summed E-state index contributed by atoms with van der Waals surface area (Å²) in [5.41, 5.74) is 4.41. The highest BCUT2D eigenvalue weighted by Gasteiger charge is 2.13. The smallest absolute Gasteiger partial charge is 0.163 e. The predicted molar refractivity (Wildman–Crippen MR) is 104 cm³/mol. The van der Waals surface area contributed by atoms with E-state index in [-0.39, 0.29) is 0 Å². The lowest BCUT2D eigenvalue weighted by molar-refractivity contribution is 1.09. The van der Waals surface area contributed by atoms with Crippen molar-refractivity contribution in [1.82, 2.24) is 9.97 Å². The van der Waals surface area contributed by atoms with Gasteiger partial charge >= 0.3 is 0 Å². The van der Waals surface area contributed by atoms with Crippen LogP contribution in [-0.2, 0) is 0 Å². The highest BCUT2D eigenvalue weighted by Crippen LogP contribution is 2.43. The summed E-state index contributed by atoms with van der Waals surface area (Å²) in [6.45, 7) is 0. The molecule has 2 heterocycles. The first-order valence-electron chi connectivity index (χ1n) is 7.56. The Kier molecular flexibility index (Phi) is 4.19. The number of nitrogens with zero attached hydrogens (tertiary/aromatic N) is 1. The van der Waals surface area contributed by atoms with Crippen LogP contribution < -0.4 is 5.32 Å². The van der Waals surface area contributed by atoms with Crippen molar-refractivity contribution in [1.29, 1.82) is 0 Å². The van der Waals surface area contributed by atoms with E-state index in [2.05, 4.69) is 76.4 Å². The van der Waals surface area contributed by atoms with E-state index in [9.17, 15) is 0 Å². The Balaban J connectivity index is 0.000000129. The summed E-state index contributed by atoms with van der Waals surface area (Å²) >= 11 is 5.90. The van der Waals surface area contributed by atoms with Gasteiger partial charge in [0.2, 0.25) is 0 Å². The first-order valence-corrected chi connectivity index (χ1v) is 8.82. The summed E-state index contributed by atoms with van der Waals surface area (Å²) in [5, 5.41) is 4.09. The minimum absolute atomic E-state index is 0.668. The van der Waals surface area contributed by atoms with Crippen LogP contribution in [0.4, 0.5) is 11.4 Å². The number of rotatable bonds is 0. The molecule has 4 aromatic rings. The van der Waals surface area contributed by atoms with Gasteiger partial charge in [0.05, 0.1) is 22.4 Å². The molecule has 3 nitrogen and oxygen atoms in total. The Morgan fingerprint density at radius 1 is 0.750 bits per heavy atom. The molecule has 5 heteroatoms. The minimum Gasteiger partial charge on any atom is -0.354 e. The van der Waals surface area contributed by atoms with Gasteiger partial charge in [0.25, 0.3) is 0 Å². The number of thiol groups is 1. The Labute approximate surface area is 149 Å². The molecule has 0 unspecified atom stereocenters. The molecule has 5 rings (SSSR count). The summed E-state index contributed by atoms with van der Waals surface area (Å²) in [6, 6.07) is 24.6. The normalized spacial score (nSPS) is 11.7. The summed E-state index contributed by atoms with van der Waals surface area (Å²) < 4.78 is 0. The Morgan fingerprint density at radius 3 is 2.00 bits per heavy atom. The largest absolute Gasteiger partial charge is 0.354 e. The van der Waals surface area contributed by atoms with Crippen LogP contribution in [0.2, 0.25) is 0 Å². The molecule has 24 heavy (non-hydrogen) atoms. The Morgan fingerprint density at radius 2 is 1.33 bits per heavy atom. The van der Waals surface area contributed by atoms with Crippen molar-refractivity contribution in [3.63, 3.8) is 0 Å². The van der Waals surface area contributed by atoms with Crippen LogP contribution in [-0.4, -0.2) is 9.97 Å². The van der Waals surface area contributed by atoms with Crippen molar-refractivity contribution >= 4 is 46.8 Å². The Bertz CT molecular complexity index is 874. The van der Waals surface area contributed by atoms with Gasteiger partial charge in [-0.2, -0.15) is 0 Å². The molecule has 0 saturated heterocycles. The molecule has 1 aliphatic heterocycles. The average Bonchev–Trinajstić information content (AvgIpc) is 3.00. The quantitative estimate of drug-likeness (QED) is 0.312. The van der Waals surface area contributed by atoms with Gasteiger partial charge in [0, 0.05) is 9.79 Å². The number of nitrogens with one attached hydrogen (secondary N) is 2. The molecule has 0 bridgehead atoms. The van der Waals surface area contributed by atoms with Crippen molar-refractivity contribution in [2.45, 2.75) is 14.9 Å². The maximum atomic E-state index is 4.12. The molecule has 118 valence electrons. The lowest BCUT2D eigenvalue weighted by Gasteiger charge is -2.19. The van der Waals surface area contributed by atoms with Gasteiger partial charge < -0.3 is 10.3 Å². The number of aromatic nitrogens is 2. The van der Waals surface area contributed by atoms with Crippen LogP contribution in [0, 0.1) is 0 Å². The van der Waals surface area contributed by atoms with Crippen molar-refractivity contribution in [2.75, 3.05) is 5.32 Å². The minimum atomic E-state index is 0.668. The second-order valence-electron chi connectivity index (χ2n) is 5.30. The van der Waals surface area contributed by atoms with Gasteiger partial charge in [-0.1, -0.05) is 48.2 Å². The number of benzene rings is 3. The van der Waals surface area contributed by atoms with Crippen LogP contribution in [0.1, 0.15) is 0 Å². The van der Waals surface area contributed by atoms with E-state index in [1.807, 2.05) is 36.0 Å². The third kappa shape index (κ3) is 3.13. The van der Waals surface area contributed by atoms with E-state index in [1.54, 1.807) is 0 Å². The van der Waals surface area contributed by atoms with E-state index >= 15 is 0 Å². The molecule has 1 aromatic heterocycles. The molecule has 3 aromatic carbocycles. The second kappa shape index (κ2) is 6.63. The molecule has 2 N–H and O–H groups in total. The second-order valence-corrected chi connectivity index (χ2v) is 6.80. The van der Waals surface area contributed by atoms with Crippen molar-refractivity contribution in [3.05, 3.63) is 72.8 Å². The predicted octanol–water partition coefficient (Wildman–Crippen LogP) is 5.75. The fourth-order valence-corrected chi connectivity index (χ4v) is 3.74. The molecular weight excluding hydrogens is 334 g/mol. The van der Waals surface area contributed by atoms with Crippen LogP contribution in [0.3, 0.4) is 0 Å². The van der Waals surface area contributed by atoms with E-state index in [0.717, 1.165) is 11.0 Å². The van der Waals surface area contributed by atoms with Crippen LogP contribution >= 0.6 is 24.4 Å². The van der Waals surface area contributed by atoms with Crippen LogP contribution in [0.15, 0.2) is 87.7 Å². The van der Waals surface area contributed by atoms with Crippen LogP contribution in [0.25, 0.3) is 11.0 Å². The third-order valence-corrected chi connectivity index (χ3v) is 5.00. The van der Waals surface area contributed by atoms with Gasteiger partial charge in [0.1, 0.15) is 0 Å². The van der Waals surface area contributed by atoms with Crippen LogP contribution in [0.5, 0.6) is 0 Å². The monoisotopic (exact) mass is 349 g/mol. The summed E-state index contributed by atoms with van der Waals surface area (Å²) in [6.07, 6.45) is 0. The van der Waals surface area contributed by atoms with Crippen molar-refractivity contribution in [3.8, 4) is 0 Å². The zero-order chi connectivity index (χ0) is 16.4. The molecular formula is C19H15N3S2. The van der Waals surface area contributed by atoms with Gasteiger partial charge in [-0.15, -0.1) is 12.6 Å². The first kappa shape index (κ1) is 15.2. The number of H-pyrrole nitrogens is 1. The zero-order valence-electron chi connectivity index (χ0n) is 12.7. The maximum absolute atomic E-state index is 4.12. The fraction of sp³-hybridized carbons (Fsp3) is 0. The molecule has 0 spiro atoms. The topological polar surface area (TPSA) is 40.7 Å². The highest BCUT2D eigenvalue weighted by atomic mass is 32.2. The summed E-state index contributed by atoms with van der Waals surface area (Å²) in [4.78, 5) is 9.73. The number of hydrogen-bond donors (Lipinski definition) is 3. The van der Waals surface area contributed by atoms with Gasteiger partial charge in [0.15, 0.2) is 5.16 Å². The standard InChI is InChI=1S/C12H9NS.C7H6N2S/c1-3-7-11-9(5-1)13-10-6-2-4-8-12(10)14-11;10-7-8-5-3-1-2-4-6(5)9-7/h1-8,13H;1-4H,(H2,8,9,10). The number of hydrogen-bond acceptors (Lipinski definition) is 4. The van der Waals surface area contributed by atoms with E-state index in [1.165, 1.54) is 21.2 Å². The van der Waals surface area contributed by atoms with Crippen molar-refractivity contribution in [2.24, 2.45) is 0 Å². The Hall–Kier alpha value is -2.37. The highest BCUT2D eigenvalue weighted by molar-refractivity contribution is 7.99. The molecule has 0 fully saturated rings. The number of imidazole rings is 1. The first-order chi connectivity index (χ1) is 11.8. The summed E-state index contributed by atoms with van der Waals surface area (Å²) in [7, 11) is 0. The maximum Gasteiger partial charge on any atom is 0.163 e. The molecule has 0 amide bonds. The molecule has 0 radical (unpaired) electrons. The van der Waals surface area contributed by atoms with Gasteiger partial charge in [-0.25, -0.2) is 4.98 Å². The number of fused-ring (bicyclic) bond motifs is 3. The van der Waals surface area contributed by atoms with Gasteiger partial charge in [-0.05, 0) is 36.4 Å². The number of para-hydroxylation sites is 4. The van der Waals surface area contributed by atoms with E-state index < -0.39 is 0 Å². The molecule has 1 aliphatic rings. The molecule has 0 aliphatic carbocycles. The zero-order valence-corrected chi connectivity index (χ0v) is 14.4. The number of anilines is 2. The number of aromatic amines is 1. The van der Waals surface area contributed by atoms with E-state index in [4.69, 9.17) is 0 Å². The molecule has 0 atom stereocenters. The lowest BCUT2D eigenvalue weighted by atomic mass is 10.2. The average molecular weight is 349 g/mol. The molecule has 0 saturated carbocycles. The third-order valence-electron chi connectivity index (χ3n) is 3.64. The van der Waals surface area contributed by atoms with Crippen molar-refractivity contribution < 1.29 is 0 Å². The van der Waals surface area contributed by atoms with E-state index in [0.29, 0.717) is 5.16 Å². The SMILES string of the molecule is Sc1nc2ccccc2[nH]1.c1ccc2c(c1)Nc1ccccc1S2. The summed E-state index contributed by atoms with van der Waals surface area (Å²) in [5.74, 6) is 0. The lowest BCUT2D eigenvalue weighted by Crippen LogP contribution is -1.98.